The Morgan fingerprint density at radius 1 is 0.282 bits per heavy atom. The largest absolute Gasteiger partial charge is 0.472 e. The normalized spacial score (nSPS) is 14.8. The second-order valence-electron chi connectivity index (χ2n) is 26.1. The Balaban J connectivity index is 4.54. The van der Waals surface area contributed by atoms with Gasteiger partial charge in [-0.1, -0.05) is 294 Å². The third-order valence-electron chi connectivity index (χ3n) is 16.2. The number of aliphatic hydroxyl groups is 2. The van der Waals surface area contributed by atoms with E-state index in [0.717, 1.165) is 148 Å². The van der Waals surface area contributed by atoms with Crippen molar-refractivity contribution >= 4 is 33.6 Å². The van der Waals surface area contributed by atoms with Gasteiger partial charge in [0.25, 0.3) is 0 Å². The second-order valence-corrected chi connectivity index (χ2v) is 29.0. The summed E-state index contributed by atoms with van der Waals surface area (Å²) in [6, 6.07) is 0. The highest BCUT2D eigenvalue weighted by Gasteiger charge is 2.29. The van der Waals surface area contributed by atoms with Gasteiger partial charge >= 0.3 is 33.6 Å². The average Bonchev–Trinajstić information content (AvgIpc) is 0.924. The maximum absolute atomic E-state index is 13.0. The Labute approximate surface area is 625 Å². The molecular formula is C85H142O16P2. The Hall–Kier alpha value is -4.83. The number of hydrogen-bond donors (Lipinski definition) is 4. The number of carbonyl (C=O) groups is 3. The fourth-order valence-electron chi connectivity index (χ4n) is 10.2. The molecule has 0 aromatic rings. The summed E-state index contributed by atoms with van der Waals surface area (Å²) in [5, 5.41) is 20.6. The van der Waals surface area contributed by atoms with Crippen molar-refractivity contribution in [2.45, 2.75) is 322 Å². The predicted octanol–water partition coefficient (Wildman–Crippen LogP) is 23.4. The van der Waals surface area contributed by atoms with Crippen LogP contribution in [-0.4, -0.2) is 95.9 Å². The molecule has 0 spiro atoms. The fourth-order valence-corrected chi connectivity index (χ4v) is 11.8. The molecule has 4 N–H and O–H groups in total. The molecule has 0 amide bonds. The van der Waals surface area contributed by atoms with Crippen molar-refractivity contribution in [3.8, 4) is 0 Å². The number of rotatable bonds is 74. The molecule has 0 radical (unpaired) electrons. The first-order chi connectivity index (χ1) is 50.2. The minimum absolute atomic E-state index is 0.0743. The number of phosphoric ester groups is 2. The van der Waals surface area contributed by atoms with Crippen LogP contribution < -0.4 is 0 Å². The lowest BCUT2D eigenvalue weighted by atomic mass is 10.0. The standard InChI is InChI=1S/C85H142O16P2/c1-4-7-10-13-16-19-22-25-28-30-32-34-35-36-37-38-39-40-41-42-43-45-47-48-51-53-56-59-62-65-68-71-83(88)95-74-80(86)75-97-102(91,92)98-76-81(87)77-99-103(93,94)100-79-82(101-85(90)73-70-67-64-61-58-55-50-27-24-21-18-15-12-9-6-3)78-96-84(89)72-69-66-63-60-57-54-52-49-46-44-33-31-29-26-23-20-17-14-11-8-5-2/h7-8,10-11,16-21,25-29,32-34,36-37,44,49-50,52,57,60,80-82,86-87H,4-6,9,12-15,22-24,30-31,35,38-43,45-48,51,53-56,58-59,61-79H2,1-3H3,(H,91,92)(H,93,94)/b10-7-,11-8-,19-16-,20-17-,21-18-,28-25-,29-26-,34-32-,37-36-,44-33-,50-27-,52-49-,60-57-. The van der Waals surface area contributed by atoms with E-state index in [9.17, 15) is 43.5 Å². The first-order valence-electron chi connectivity index (χ1n) is 39.8. The van der Waals surface area contributed by atoms with Crippen LogP contribution in [0.25, 0.3) is 0 Å². The van der Waals surface area contributed by atoms with Crippen molar-refractivity contribution in [2.24, 2.45) is 0 Å². The average molecular weight is 1480 g/mol. The molecule has 0 aromatic heterocycles. The Bertz CT molecular complexity index is 2500. The Morgan fingerprint density at radius 3 is 0.835 bits per heavy atom. The summed E-state index contributed by atoms with van der Waals surface area (Å²) in [6.45, 7) is 2.36. The van der Waals surface area contributed by atoms with Gasteiger partial charge in [0.2, 0.25) is 0 Å². The first kappa shape index (κ1) is 98.2. The SMILES string of the molecule is CC/C=C\C/C=C\C/C=C\C/C=C\C/C=C\C/C=C\CCCCC(=O)OCC(COP(=O)(O)OCC(O)COP(=O)(O)OCC(O)COC(=O)CCCCCCCCCCCCCCCCC/C=C\C/C=C\C/C=C\C/C=C\C/C=C\CC)OC(=O)CCCCCCC/C=C\C/C=C\CCCCC. The van der Waals surface area contributed by atoms with E-state index in [1.807, 2.05) is 0 Å². The fraction of sp³-hybridized carbons (Fsp3) is 0.659. The summed E-state index contributed by atoms with van der Waals surface area (Å²) < 4.78 is 61.1. The molecule has 5 atom stereocenters. The van der Waals surface area contributed by atoms with Crippen molar-refractivity contribution in [1.82, 2.24) is 0 Å². The van der Waals surface area contributed by atoms with Crippen molar-refractivity contribution < 1.29 is 75.8 Å². The lowest BCUT2D eigenvalue weighted by Crippen LogP contribution is -2.30. The molecule has 5 unspecified atom stereocenters. The molecule has 0 aliphatic rings. The van der Waals surface area contributed by atoms with Crippen LogP contribution in [0, 0.1) is 0 Å². The summed E-state index contributed by atoms with van der Waals surface area (Å²) in [7, 11) is -9.81. The summed E-state index contributed by atoms with van der Waals surface area (Å²) in [4.78, 5) is 58.6. The highest BCUT2D eigenvalue weighted by atomic mass is 31.2. The molecule has 16 nitrogen and oxygen atoms in total. The van der Waals surface area contributed by atoms with E-state index in [-0.39, 0.29) is 19.3 Å². The molecule has 0 rings (SSSR count). The highest BCUT2D eigenvalue weighted by molar-refractivity contribution is 7.47. The molecule has 588 valence electrons. The summed E-state index contributed by atoms with van der Waals surface area (Å²) in [5.74, 6) is -1.65. The molecule has 0 fully saturated rings. The molecule has 0 saturated heterocycles. The molecule has 18 heteroatoms. The van der Waals surface area contributed by atoms with Crippen LogP contribution in [0.15, 0.2) is 158 Å². The predicted molar refractivity (Wildman–Crippen MR) is 426 cm³/mol. The van der Waals surface area contributed by atoms with Gasteiger partial charge in [0.05, 0.1) is 26.4 Å². The van der Waals surface area contributed by atoms with Gasteiger partial charge in [0, 0.05) is 19.3 Å². The van der Waals surface area contributed by atoms with E-state index in [1.165, 1.54) is 96.3 Å². The van der Waals surface area contributed by atoms with E-state index in [4.69, 9.17) is 32.3 Å². The summed E-state index contributed by atoms with van der Waals surface area (Å²) >= 11 is 0. The molecule has 0 aliphatic heterocycles. The van der Waals surface area contributed by atoms with Crippen LogP contribution in [0.3, 0.4) is 0 Å². The van der Waals surface area contributed by atoms with Crippen LogP contribution in [0.5, 0.6) is 0 Å². The quantitative estimate of drug-likeness (QED) is 0.0146. The van der Waals surface area contributed by atoms with Crippen molar-refractivity contribution in [3.63, 3.8) is 0 Å². The van der Waals surface area contributed by atoms with Crippen LogP contribution >= 0.6 is 15.6 Å². The third-order valence-corrected chi connectivity index (χ3v) is 18.1. The smallest absolute Gasteiger partial charge is 0.463 e. The van der Waals surface area contributed by atoms with E-state index >= 15 is 0 Å². The molecule has 0 saturated carbocycles. The number of phosphoric acid groups is 2. The molecule has 103 heavy (non-hydrogen) atoms. The lowest BCUT2D eigenvalue weighted by molar-refractivity contribution is -0.161. The van der Waals surface area contributed by atoms with Gasteiger partial charge in [-0.15, -0.1) is 0 Å². The van der Waals surface area contributed by atoms with Crippen LogP contribution in [0.2, 0.25) is 0 Å². The van der Waals surface area contributed by atoms with Crippen molar-refractivity contribution in [1.29, 1.82) is 0 Å². The van der Waals surface area contributed by atoms with Gasteiger partial charge in [-0.05, 0) is 148 Å². The van der Waals surface area contributed by atoms with Crippen molar-refractivity contribution in [2.75, 3.05) is 39.6 Å². The lowest BCUT2D eigenvalue weighted by Gasteiger charge is -2.21. The van der Waals surface area contributed by atoms with E-state index in [0.29, 0.717) is 19.3 Å². The topological polar surface area (TPSA) is 231 Å². The zero-order valence-electron chi connectivity index (χ0n) is 64.2. The number of aliphatic hydroxyl groups excluding tert-OH is 2. The van der Waals surface area contributed by atoms with Crippen LogP contribution in [-0.2, 0) is 55.8 Å². The van der Waals surface area contributed by atoms with Gasteiger partial charge in [-0.3, -0.25) is 32.5 Å². The van der Waals surface area contributed by atoms with Crippen LogP contribution in [0.4, 0.5) is 0 Å². The van der Waals surface area contributed by atoms with Crippen LogP contribution in [0.1, 0.15) is 303 Å². The minimum Gasteiger partial charge on any atom is -0.463 e. The molecule has 0 bridgehead atoms. The van der Waals surface area contributed by atoms with Gasteiger partial charge in [-0.2, -0.15) is 0 Å². The maximum Gasteiger partial charge on any atom is 0.472 e. The maximum atomic E-state index is 13.0. The highest BCUT2D eigenvalue weighted by Crippen LogP contribution is 2.45. The number of unbranched alkanes of at least 4 members (excludes halogenated alkanes) is 25. The number of esters is 3. The zero-order valence-corrected chi connectivity index (χ0v) is 66.0. The summed E-state index contributed by atoms with van der Waals surface area (Å²) in [6.07, 6.45) is 95.9. The first-order valence-corrected chi connectivity index (χ1v) is 42.8. The molecule has 0 aromatic carbocycles. The monoisotopic (exact) mass is 1480 g/mol. The molecule has 0 aliphatic carbocycles. The number of allylic oxidation sites excluding steroid dienone is 26. The Morgan fingerprint density at radius 2 is 0.515 bits per heavy atom. The van der Waals surface area contributed by atoms with Gasteiger partial charge < -0.3 is 34.2 Å². The number of hydrogen-bond acceptors (Lipinski definition) is 14. The van der Waals surface area contributed by atoms with Gasteiger partial charge in [0.1, 0.15) is 25.4 Å². The second kappa shape index (κ2) is 76.8. The number of carbonyl (C=O) groups excluding carboxylic acids is 3. The van der Waals surface area contributed by atoms with Gasteiger partial charge in [0.15, 0.2) is 6.10 Å². The van der Waals surface area contributed by atoms with Gasteiger partial charge in [-0.25, -0.2) is 9.13 Å². The Kier molecular flexibility index (Phi) is 73.2. The third kappa shape index (κ3) is 78.1. The zero-order chi connectivity index (χ0) is 75.2. The molecule has 0 heterocycles. The van der Waals surface area contributed by atoms with E-state index < -0.39 is 91.5 Å². The minimum atomic E-state index is -4.95. The molecular weight excluding hydrogens is 1340 g/mol. The van der Waals surface area contributed by atoms with E-state index in [1.54, 1.807) is 0 Å². The van der Waals surface area contributed by atoms with E-state index in [2.05, 4.69) is 179 Å². The number of ether oxygens (including phenoxy) is 3. The summed E-state index contributed by atoms with van der Waals surface area (Å²) in [5.41, 5.74) is 0. The van der Waals surface area contributed by atoms with Crippen molar-refractivity contribution in [3.05, 3.63) is 158 Å².